The lowest BCUT2D eigenvalue weighted by Gasteiger charge is -2.08. The number of hydrogen-bond donors (Lipinski definition) is 8. The maximum absolute atomic E-state index is 10.8. The van der Waals surface area contributed by atoms with E-state index in [2.05, 4.69) is 114 Å². The molecule has 0 heterocycles. The highest BCUT2D eigenvalue weighted by Gasteiger charge is 2.06. The quantitative estimate of drug-likeness (QED) is 0.0226. The summed E-state index contributed by atoms with van der Waals surface area (Å²) in [5.74, 6) is 4.03. The highest BCUT2D eigenvalue weighted by atomic mass is 32.1. The van der Waals surface area contributed by atoms with E-state index in [1.54, 1.807) is 19.9 Å². The Morgan fingerprint density at radius 2 is 1.13 bits per heavy atom. The Labute approximate surface area is 343 Å². The molecule has 10 nitrogen and oxygen atoms in total. The van der Waals surface area contributed by atoms with Crippen LogP contribution >= 0.6 is 63.1 Å². The molecular formula is C37H70N2O8S5. The molecule has 0 aromatic rings. The SMILES string of the molecule is C.C=C(C)C(=O)NCC(O)CS.C=C(C)C(=O)OCC(C)CS.C=CC(=O)NCC(C)CS.C=CC(=O)OCC(C)CS.C=CCOCC(C)CS. The lowest BCUT2D eigenvalue weighted by Crippen LogP contribution is -2.33. The van der Waals surface area contributed by atoms with Crippen molar-refractivity contribution in [2.45, 2.75) is 55.1 Å². The molecule has 0 spiro atoms. The van der Waals surface area contributed by atoms with Crippen LogP contribution in [0.4, 0.5) is 0 Å². The van der Waals surface area contributed by atoms with Crippen LogP contribution in [-0.4, -0.2) is 103 Å². The van der Waals surface area contributed by atoms with E-state index >= 15 is 0 Å². The predicted octanol–water partition coefficient (Wildman–Crippen LogP) is 6.17. The summed E-state index contributed by atoms with van der Waals surface area (Å²) >= 11 is 20.1. The van der Waals surface area contributed by atoms with E-state index in [-0.39, 0.29) is 37.7 Å². The van der Waals surface area contributed by atoms with Crippen molar-refractivity contribution in [3.63, 3.8) is 0 Å². The molecule has 0 aromatic heterocycles. The topological polar surface area (TPSA) is 140 Å². The number of carbonyl (C=O) groups is 4. The lowest BCUT2D eigenvalue weighted by molar-refractivity contribution is -0.140. The minimum atomic E-state index is -0.582. The summed E-state index contributed by atoms with van der Waals surface area (Å²) in [5.41, 5.74) is 0.882. The molecule has 0 aliphatic heterocycles. The third-order valence-corrected chi connectivity index (χ3v) is 8.23. The van der Waals surface area contributed by atoms with Crippen molar-refractivity contribution in [2.75, 3.05) is 68.3 Å². The zero-order valence-corrected chi connectivity index (χ0v) is 35.9. The Balaban J connectivity index is -0.000000127. The minimum absolute atomic E-state index is 0. The standard InChI is InChI=1S/C8H14O2S.C7H13NO2S.C7H13NOS.C7H12O2S.C7H14OS.CH4/c1-6(2)8(9)10-4-7(3)5-11;1-5(2)7(10)8-3-6(9)4-11;1-3-7(9)8-4-6(2)5-10;1-3-7(8)9-4-6(2)5-10;1-3-4-8-5-7(2)6-9;/h7,11H,1,4-5H2,2-3H3;6,9,11H,1,3-4H2,2H3,(H,8,10);3,6,10H,1,4-5H2,2H3,(H,8,9);3,6,10H,1,4-5H2,2H3;3,7,9H,1,4-6H2,2H3;1H4. The fourth-order valence-electron chi connectivity index (χ4n) is 1.97. The molecule has 15 heteroatoms. The molecule has 0 saturated heterocycles. The first kappa shape index (κ1) is 62.2. The van der Waals surface area contributed by atoms with Crippen LogP contribution in [0.15, 0.2) is 62.3 Å². The van der Waals surface area contributed by atoms with Crippen molar-refractivity contribution in [3.8, 4) is 0 Å². The van der Waals surface area contributed by atoms with Crippen molar-refractivity contribution in [3.05, 3.63) is 62.3 Å². The van der Waals surface area contributed by atoms with Crippen molar-refractivity contribution < 1.29 is 38.5 Å². The molecular weight excluding hydrogens is 761 g/mol. The third kappa shape index (κ3) is 52.6. The average molecular weight is 831 g/mol. The smallest absolute Gasteiger partial charge is 0.333 e. The second-order valence-electron chi connectivity index (χ2n) is 11.5. The van der Waals surface area contributed by atoms with Crippen LogP contribution in [-0.2, 0) is 33.4 Å². The van der Waals surface area contributed by atoms with Gasteiger partial charge in [0.25, 0.3) is 0 Å². The number of aliphatic hydroxyl groups is 1. The molecule has 5 unspecified atom stereocenters. The zero-order valence-electron chi connectivity index (χ0n) is 31.5. The average Bonchev–Trinajstić information content (AvgIpc) is 3.13. The van der Waals surface area contributed by atoms with Gasteiger partial charge >= 0.3 is 11.9 Å². The first-order chi connectivity index (χ1) is 23.9. The Morgan fingerprint density at radius 1 is 0.673 bits per heavy atom. The molecule has 5 atom stereocenters. The van der Waals surface area contributed by atoms with Gasteiger partial charge in [0.15, 0.2) is 0 Å². The number of aliphatic hydroxyl groups excluding tert-OH is 1. The number of rotatable bonds is 21. The molecule has 0 radical (unpaired) electrons. The maximum Gasteiger partial charge on any atom is 0.333 e. The predicted molar refractivity (Wildman–Crippen MR) is 238 cm³/mol. The van der Waals surface area contributed by atoms with E-state index in [4.69, 9.17) is 19.3 Å². The van der Waals surface area contributed by atoms with Crippen molar-refractivity contribution in [2.24, 2.45) is 23.7 Å². The maximum atomic E-state index is 10.8. The van der Waals surface area contributed by atoms with Crippen molar-refractivity contribution >= 4 is 86.9 Å². The van der Waals surface area contributed by atoms with Crippen LogP contribution in [0.5, 0.6) is 0 Å². The summed E-state index contributed by atoms with van der Waals surface area (Å²) in [5, 5.41) is 14.1. The van der Waals surface area contributed by atoms with Gasteiger partial charge in [-0.2, -0.15) is 63.1 Å². The Kier molecular flexibility index (Phi) is 54.4. The fraction of sp³-hybridized carbons (Fsp3) is 0.622. The molecule has 0 bridgehead atoms. The molecule has 0 fully saturated rings. The molecule has 0 saturated carbocycles. The molecule has 0 aromatic carbocycles. The summed E-state index contributed by atoms with van der Waals surface area (Å²) in [6, 6.07) is 0. The molecule has 3 N–H and O–H groups in total. The molecule has 0 aliphatic rings. The second-order valence-corrected chi connectivity index (χ2v) is 13.3. The first-order valence-electron chi connectivity index (χ1n) is 16.2. The van der Waals surface area contributed by atoms with Gasteiger partial charge in [-0.05, 0) is 66.6 Å². The summed E-state index contributed by atoms with van der Waals surface area (Å²) in [7, 11) is 0. The van der Waals surface area contributed by atoms with Crippen LogP contribution in [0.3, 0.4) is 0 Å². The number of hydrogen-bond acceptors (Lipinski definition) is 13. The largest absolute Gasteiger partial charge is 0.462 e. The van der Waals surface area contributed by atoms with Crippen molar-refractivity contribution in [1.29, 1.82) is 0 Å². The number of ether oxygens (including phenoxy) is 3. The van der Waals surface area contributed by atoms with Crippen LogP contribution < -0.4 is 10.6 Å². The van der Waals surface area contributed by atoms with Gasteiger partial charge in [0.2, 0.25) is 11.8 Å². The number of amides is 2. The summed E-state index contributed by atoms with van der Waals surface area (Å²) in [4.78, 5) is 42.7. The molecule has 0 aliphatic carbocycles. The zero-order chi connectivity index (χ0) is 40.8. The number of carbonyl (C=O) groups excluding carboxylic acids is 4. The van der Waals surface area contributed by atoms with E-state index < -0.39 is 6.10 Å². The highest BCUT2D eigenvalue weighted by molar-refractivity contribution is 7.80. The first-order valence-corrected chi connectivity index (χ1v) is 19.4. The van der Waals surface area contributed by atoms with Gasteiger partial charge in [-0.1, -0.05) is 67.5 Å². The number of esters is 2. The molecule has 2 amide bonds. The van der Waals surface area contributed by atoms with Gasteiger partial charge in [0, 0.05) is 36.1 Å². The van der Waals surface area contributed by atoms with E-state index in [1.165, 1.54) is 6.08 Å². The molecule has 306 valence electrons. The van der Waals surface area contributed by atoms with E-state index in [1.807, 2.05) is 20.8 Å². The van der Waals surface area contributed by atoms with Crippen LogP contribution in [0.25, 0.3) is 0 Å². The number of nitrogens with one attached hydrogen (secondary N) is 2. The van der Waals surface area contributed by atoms with E-state index in [9.17, 15) is 19.2 Å². The van der Waals surface area contributed by atoms with E-state index in [0.717, 1.165) is 35.7 Å². The monoisotopic (exact) mass is 830 g/mol. The van der Waals surface area contributed by atoms with Crippen LogP contribution in [0.1, 0.15) is 49.0 Å². The molecule has 52 heavy (non-hydrogen) atoms. The Bertz CT molecular complexity index is 920. The Hall–Kier alpha value is -1.75. The van der Waals surface area contributed by atoms with Gasteiger partial charge < -0.3 is 30.0 Å². The van der Waals surface area contributed by atoms with Crippen LogP contribution in [0, 0.1) is 23.7 Å². The number of thiol groups is 5. The van der Waals surface area contributed by atoms with Gasteiger partial charge in [-0.3, -0.25) is 9.59 Å². The van der Waals surface area contributed by atoms with E-state index in [0.29, 0.717) is 66.9 Å². The third-order valence-electron chi connectivity index (χ3n) is 5.32. The normalized spacial score (nSPS) is 12.2. The lowest BCUT2D eigenvalue weighted by atomic mass is 10.2. The summed E-state index contributed by atoms with van der Waals surface area (Å²) < 4.78 is 14.8. The minimum Gasteiger partial charge on any atom is -0.462 e. The fourth-order valence-corrected chi connectivity index (χ4v) is 2.55. The Morgan fingerprint density at radius 3 is 1.50 bits per heavy atom. The summed E-state index contributed by atoms with van der Waals surface area (Å²) in [6.07, 6.45) is 3.60. The summed E-state index contributed by atoms with van der Waals surface area (Å²) in [6.45, 7) is 31.6. The van der Waals surface area contributed by atoms with Gasteiger partial charge in [-0.15, -0.1) is 6.58 Å². The van der Waals surface area contributed by atoms with Gasteiger partial charge in [-0.25, -0.2) is 9.59 Å². The van der Waals surface area contributed by atoms with Gasteiger partial charge in [0.1, 0.15) is 0 Å². The van der Waals surface area contributed by atoms with Crippen LogP contribution in [0.2, 0.25) is 0 Å². The highest BCUT2D eigenvalue weighted by Crippen LogP contribution is 2.01. The molecule has 0 rings (SSSR count). The van der Waals surface area contributed by atoms with Gasteiger partial charge in [0.05, 0.1) is 32.5 Å². The van der Waals surface area contributed by atoms with Crippen molar-refractivity contribution in [1.82, 2.24) is 10.6 Å². The second kappa shape index (κ2) is 45.4.